The number of nitrogens with zero attached hydrogens (tertiary/aromatic N) is 2. The number of benzene rings is 3. The number of halogens is 1. The van der Waals surface area contributed by atoms with Gasteiger partial charge in [0.1, 0.15) is 5.82 Å². The van der Waals surface area contributed by atoms with Gasteiger partial charge in [0.05, 0.1) is 17.6 Å². The van der Waals surface area contributed by atoms with Gasteiger partial charge in [-0.2, -0.15) is 0 Å². The van der Waals surface area contributed by atoms with E-state index in [1.807, 2.05) is 12.1 Å². The minimum absolute atomic E-state index is 0.783. The van der Waals surface area contributed by atoms with Crippen LogP contribution in [0.5, 0.6) is 0 Å². The van der Waals surface area contributed by atoms with E-state index in [9.17, 15) is 0 Å². The molecule has 4 aromatic rings. The molecule has 0 saturated carbocycles. The Morgan fingerprint density at radius 3 is 2.54 bits per heavy atom. The van der Waals surface area contributed by atoms with Crippen molar-refractivity contribution in [3.05, 3.63) is 88.4 Å². The highest BCUT2D eigenvalue weighted by Crippen LogP contribution is 2.28. The zero-order valence-electron chi connectivity index (χ0n) is 13.4. The highest BCUT2D eigenvalue weighted by molar-refractivity contribution is 9.10. The third-order valence-corrected chi connectivity index (χ3v) is 4.99. The molecule has 2 nitrogen and oxygen atoms in total. The fourth-order valence-electron chi connectivity index (χ4n) is 3.04. The molecular formula is C21H17BrN2. The van der Waals surface area contributed by atoms with Crippen LogP contribution in [0, 0.1) is 6.92 Å². The first-order valence-corrected chi connectivity index (χ1v) is 8.77. The summed E-state index contributed by atoms with van der Waals surface area (Å²) in [7, 11) is 0. The number of hydrogen-bond acceptors (Lipinski definition) is 1. The highest BCUT2D eigenvalue weighted by Gasteiger charge is 2.13. The molecule has 0 saturated heterocycles. The second-order valence-electron chi connectivity index (χ2n) is 5.97. The smallest absolute Gasteiger partial charge is 0.141 e. The molecule has 4 rings (SSSR count). The predicted molar refractivity (Wildman–Crippen MR) is 103 cm³/mol. The minimum atomic E-state index is 0.783. The van der Waals surface area contributed by atoms with Gasteiger partial charge in [-0.1, -0.05) is 70.0 Å². The van der Waals surface area contributed by atoms with Crippen molar-refractivity contribution >= 4 is 27.0 Å². The molecule has 24 heavy (non-hydrogen) atoms. The number of fused-ring (bicyclic) bond motifs is 1. The van der Waals surface area contributed by atoms with E-state index in [1.165, 1.54) is 11.1 Å². The molecule has 0 aliphatic heterocycles. The van der Waals surface area contributed by atoms with Crippen LogP contribution in [0.25, 0.3) is 22.4 Å². The van der Waals surface area contributed by atoms with E-state index in [0.717, 1.165) is 33.4 Å². The maximum absolute atomic E-state index is 4.90. The van der Waals surface area contributed by atoms with Crippen molar-refractivity contribution in [2.75, 3.05) is 0 Å². The number of aryl methyl sites for hydroxylation is 1. The van der Waals surface area contributed by atoms with Gasteiger partial charge in [0.25, 0.3) is 0 Å². The molecule has 0 radical (unpaired) electrons. The molecule has 118 valence electrons. The third-order valence-electron chi connectivity index (χ3n) is 4.22. The summed E-state index contributed by atoms with van der Waals surface area (Å²) in [5.74, 6) is 1.01. The lowest BCUT2D eigenvalue weighted by Crippen LogP contribution is -2.03. The number of hydrogen-bond donors (Lipinski definition) is 0. The average molecular weight is 377 g/mol. The molecule has 0 atom stereocenters. The number of para-hydroxylation sites is 2. The summed E-state index contributed by atoms with van der Waals surface area (Å²) in [6.45, 7) is 2.90. The Morgan fingerprint density at radius 1 is 0.917 bits per heavy atom. The topological polar surface area (TPSA) is 17.8 Å². The van der Waals surface area contributed by atoms with Crippen molar-refractivity contribution in [2.45, 2.75) is 13.5 Å². The van der Waals surface area contributed by atoms with Crippen LogP contribution in [0.15, 0.2) is 77.3 Å². The molecule has 0 aliphatic rings. The molecule has 0 aliphatic carbocycles. The van der Waals surface area contributed by atoms with Gasteiger partial charge in [0, 0.05) is 10.0 Å². The van der Waals surface area contributed by atoms with E-state index in [0.29, 0.717) is 0 Å². The minimum Gasteiger partial charge on any atom is -0.319 e. The summed E-state index contributed by atoms with van der Waals surface area (Å²) in [6.07, 6.45) is 0. The standard InChI is InChI=1S/C21H17BrN2/c1-15-7-6-9-16(13-15)21-23-19-11-4-5-12-20(19)24(21)14-17-8-2-3-10-18(17)22/h2-13H,14H2,1H3. The number of imidazole rings is 1. The van der Waals surface area contributed by atoms with Gasteiger partial charge in [-0.3, -0.25) is 0 Å². The van der Waals surface area contributed by atoms with Crippen LogP contribution in [0.2, 0.25) is 0 Å². The van der Waals surface area contributed by atoms with Crippen LogP contribution in [0.1, 0.15) is 11.1 Å². The van der Waals surface area contributed by atoms with Crippen LogP contribution in [0.4, 0.5) is 0 Å². The van der Waals surface area contributed by atoms with Crippen LogP contribution in [0.3, 0.4) is 0 Å². The van der Waals surface area contributed by atoms with Crippen molar-refractivity contribution in [1.82, 2.24) is 9.55 Å². The molecule has 1 aromatic heterocycles. The molecule has 0 amide bonds. The van der Waals surface area contributed by atoms with Gasteiger partial charge >= 0.3 is 0 Å². The van der Waals surface area contributed by atoms with E-state index in [-0.39, 0.29) is 0 Å². The van der Waals surface area contributed by atoms with Crippen LogP contribution in [-0.2, 0) is 6.54 Å². The van der Waals surface area contributed by atoms with Crippen molar-refractivity contribution < 1.29 is 0 Å². The number of rotatable bonds is 3. The molecule has 0 N–H and O–H groups in total. The summed E-state index contributed by atoms with van der Waals surface area (Å²) in [5.41, 5.74) is 5.82. The van der Waals surface area contributed by atoms with Crippen LogP contribution in [-0.4, -0.2) is 9.55 Å². The maximum atomic E-state index is 4.90. The van der Waals surface area contributed by atoms with Crippen molar-refractivity contribution in [3.8, 4) is 11.4 Å². The zero-order valence-corrected chi connectivity index (χ0v) is 15.0. The van der Waals surface area contributed by atoms with E-state index in [2.05, 4.69) is 88.1 Å². The second kappa shape index (κ2) is 6.25. The fourth-order valence-corrected chi connectivity index (χ4v) is 3.45. The first-order chi connectivity index (χ1) is 11.7. The molecular weight excluding hydrogens is 360 g/mol. The zero-order chi connectivity index (χ0) is 16.5. The summed E-state index contributed by atoms with van der Waals surface area (Å²) in [5, 5.41) is 0. The molecule has 0 spiro atoms. The lowest BCUT2D eigenvalue weighted by Gasteiger charge is -2.11. The third kappa shape index (κ3) is 2.76. The average Bonchev–Trinajstić information content (AvgIpc) is 2.96. The Labute approximate surface area is 149 Å². The predicted octanol–water partition coefficient (Wildman–Crippen LogP) is 5.82. The van der Waals surface area contributed by atoms with Gasteiger partial charge in [-0.25, -0.2) is 4.98 Å². The molecule has 1 heterocycles. The van der Waals surface area contributed by atoms with Crippen LogP contribution < -0.4 is 0 Å². The summed E-state index contributed by atoms with van der Waals surface area (Å²) >= 11 is 3.66. The second-order valence-corrected chi connectivity index (χ2v) is 6.83. The fraction of sp³-hybridized carbons (Fsp3) is 0.0952. The molecule has 0 unspecified atom stereocenters. The van der Waals surface area contributed by atoms with E-state index < -0.39 is 0 Å². The maximum Gasteiger partial charge on any atom is 0.141 e. The largest absolute Gasteiger partial charge is 0.319 e. The Balaban J connectivity index is 1.92. The molecule has 0 fully saturated rings. The summed E-state index contributed by atoms with van der Waals surface area (Å²) in [4.78, 5) is 4.90. The van der Waals surface area contributed by atoms with E-state index >= 15 is 0 Å². The van der Waals surface area contributed by atoms with E-state index in [1.54, 1.807) is 0 Å². The Kier molecular flexibility index (Phi) is 3.95. The molecule has 0 bridgehead atoms. The first kappa shape index (κ1) is 15.2. The summed E-state index contributed by atoms with van der Waals surface area (Å²) < 4.78 is 3.42. The lowest BCUT2D eigenvalue weighted by atomic mass is 10.1. The van der Waals surface area contributed by atoms with Crippen LogP contribution >= 0.6 is 15.9 Å². The Hall–Kier alpha value is -2.39. The quantitative estimate of drug-likeness (QED) is 0.440. The first-order valence-electron chi connectivity index (χ1n) is 7.98. The van der Waals surface area contributed by atoms with Gasteiger partial charge in [0.2, 0.25) is 0 Å². The Bertz CT molecular complexity index is 1020. The molecule has 3 aromatic carbocycles. The van der Waals surface area contributed by atoms with Crippen molar-refractivity contribution in [3.63, 3.8) is 0 Å². The lowest BCUT2D eigenvalue weighted by molar-refractivity contribution is 0.830. The number of aromatic nitrogens is 2. The highest BCUT2D eigenvalue weighted by atomic mass is 79.9. The normalized spacial score (nSPS) is 11.1. The Morgan fingerprint density at radius 2 is 1.71 bits per heavy atom. The van der Waals surface area contributed by atoms with E-state index in [4.69, 9.17) is 4.98 Å². The molecule has 3 heteroatoms. The van der Waals surface area contributed by atoms with Gasteiger partial charge in [-0.05, 0) is 36.8 Å². The van der Waals surface area contributed by atoms with Crippen molar-refractivity contribution in [1.29, 1.82) is 0 Å². The van der Waals surface area contributed by atoms with Gasteiger partial charge in [0.15, 0.2) is 0 Å². The SMILES string of the molecule is Cc1cccc(-c2nc3ccccc3n2Cc2ccccc2Br)c1. The van der Waals surface area contributed by atoms with Gasteiger partial charge in [-0.15, -0.1) is 0 Å². The van der Waals surface area contributed by atoms with Gasteiger partial charge < -0.3 is 4.57 Å². The summed E-state index contributed by atoms with van der Waals surface area (Å²) in [6, 6.07) is 25.2. The monoisotopic (exact) mass is 376 g/mol. The van der Waals surface area contributed by atoms with Crippen molar-refractivity contribution in [2.24, 2.45) is 0 Å².